The van der Waals surface area contributed by atoms with Gasteiger partial charge in [-0.05, 0) is 13.0 Å². The molecule has 1 aromatic heterocycles. The van der Waals surface area contributed by atoms with Gasteiger partial charge in [0.2, 0.25) is 5.13 Å². The lowest BCUT2D eigenvalue weighted by Crippen LogP contribution is -2.11. The molecule has 0 bridgehead atoms. The molecule has 0 fully saturated rings. The maximum Gasteiger partial charge on any atom is 0.203 e. The number of hydrogen-bond donors (Lipinski definition) is 1. The second kappa shape index (κ2) is 5.12. The summed E-state index contributed by atoms with van der Waals surface area (Å²) in [5.74, 6) is 1.09. The van der Waals surface area contributed by atoms with Crippen molar-refractivity contribution in [3.05, 3.63) is 40.9 Å². The molecule has 92 valence electrons. The molecule has 0 saturated carbocycles. The number of hydrogen-bond acceptors (Lipinski definition) is 5. The first-order valence-electron chi connectivity index (χ1n) is 5.80. The summed E-state index contributed by atoms with van der Waals surface area (Å²) < 4.78 is 0. The number of rotatable bonds is 2. The van der Waals surface area contributed by atoms with Crippen molar-refractivity contribution in [2.24, 2.45) is 5.10 Å². The smallest absolute Gasteiger partial charge is 0.203 e. The summed E-state index contributed by atoms with van der Waals surface area (Å²) in [7, 11) is 0. The third-order valence-electron chi connectivity index (χ3n) is 2.70. The van der Waals surface area contributed by atoms with Gasteiger partial charge >= 0.3 is 0 Å². The van der Waals surface area contributed by atoms with Gasteiger partial charge in [0, 0.05) is 28.0 Å². The first-order valence-corrected chi connectivity index (χ1v) is 7.66. The van der Waals surface area contributed by atoms with Crippen molar-refractivity contribution in [3.8, 4) is 0 Å². The van der Waals surface area contributed by atoms with Gasteiger partial charge in [-0.1, -0.05) is 18.2 Å². The molecule has 1 aliphatic heterocycles. The van der Waals surface area contributed by atoms with Crippen LogP contribution in [0, 0.1) is 6.92 Å². The van der Waals surface area contributed by atoms with Crippen molar-refractivity contribution in [2.75, 3.05) is 11.2 Å². The number of hydrazone groups is 1. The van der Waals surface area contributed by atoms with Gasteiger partial charge < -0.3 is 0 Å². The number of fused-ring (bicyclic) bond motifs is 1. The van der Waals surface area contributed by atoms with E-state index in [4.69, 9.17) is 0 Å². The highest BCUT2D eigenvalue weighted by Gasteiger charge is 2.15. The Bertz CT molecular complexity index is 589. The lowest BCUT2D eigenvalue weighted by Gasteiger charge is -2.16. The van der Waals surface area contributed by atoms with Gasteiger partial charge in [-0.3, -0.25) is 5.43 Å². The number of aryl methyl sites for hydroxylation is 1. The summed E-state index contributed by atoms with van der Waals surface area (Å²) in [6, 6.07) is 8.43. The van der Waals surface area contributed by atoms with Gasteiger partial charge in [-0.2, -0.15) is 5.10 Å². The largest absolute Gasteiger partial charge is 0.252 e. The van der Waals surface area contributed by atoms with E-state index in [-0.39, 0.29) is 0 Å². The minimum absolute atomic E-state index is 0.857. The van der Waals surface area contributed by atoms with Crippen LogP contribution >= 0.6 is 23.1 Å². The highest BCUT2D eigenvalue weighted by atomic mass is 32.2. The fraction of sp³-hybridized carbons (Fsp3) is 0.231. The first-order chi connectivity index (χ1) is 8.83. The Kier molecular flexibility index (Phi) is 3.34. The maximum absolute atomic E-state index is 4.51. The zero-order valence-electron chi connectivity index (χ0n) is 10.0. The number of nitrogens with zero attached hydrogens (tertiary/aromatic N) is 2. The lowest BCUT2D eigenvalue weighted by molar-refractivity contribution is 1.17. The van der Waals surface area contributed by atoms with Crippen molar-refractivity contribution >= 4 is 33.9 Å². The van der Waals surface area contributed by atoms with Crippen LogP contribution in [0.2, 0.25) is 0 Å². The fourth-order valence-electron chi connectivity index (χ4n) is 1.86. The van der Waals surface area contributed by atoms with E-state index in [1.807, 2.05) is 24.1 Å². The number of thiazole rings is 1. The molecule has 0 radical (unpaired) electrons. The van der Waals surface area contributed by atoms with Crippen LogP contribution in [0.5, 0.6) is 0 Å². The van der Waals surface area contributed by atoms with E-state index in [1.165, 1.54) is 10.5 Å². The third-order valence-corrected chi connectivity index (χ3v) is 4.64. The van der Waals surface area contributed by atoms with E-state index >= 15 is 0 Å². The highest BCUT2D eigenvalue weighted by Crippen LogP contribution is 2.30. The number of benzene rings is 1. The molecular formula is C13H13N3S2. The molecule has 2 heterocycles. The Hall–Kier alpha value is -1.33. The van der Waals surface area contributed by atoms with Gasteiger partial charge in [0.25, 0.3) is 0 Å². The van der Waals surface area contributed by atoms with Gasteiger partial charge in [0.1, 0.15) is 0 Å². The highest BCUT2D eigenvalue weighted by molar-refractivity contribution is 7.99. The van der Waals surface area contributed by atoms with Gasteiger partial charge in [-0.25, -0.2) is 4.98 Å². The normalized spacial score (nSPS) is 16.6. The van der Waals surface area contributed by atoms with E-state index in [0.29, 0.717) is 0 Å². The summed E-state index contributed by atoms with van der Waals surface area (Å²) in [4.78, 5) is 5.67. The van der Waals surface area contributed by atoms with Crippen LogP contribution in [-0.4, -0.2) is 16.4 Å². The van der Waals surface area contributed by atoms with Crippen molar-refractivity contribution in [1.29, 1.82) is 0 Å². The average Bonchev–Trinajstić information content (AvgIpc) is 2.82. The maximum atomic E-state index is 4.51. The predicted molar refractivity (Wildman–Crippen MR) is 78.8 cm³/mol. The molecule has 1 aliphatic rings. The summed E-state index contributed by atoms with van der Waals surface area (Å²) in [6.07, 6.45) is 0.999. The molecule has 0 saturated heterocycles. The molecule has 2 aromatic rings. The Morgan fingerprint density at radius 3 is 3.06 bits per heavy atom. The Balaban J connectivity index is 1.85. The SMILES string of the molecule is Cc1csc(N/N=C2/CCSc3ccccc32)n1. The first kappa shape index (κ1) is 11.7. The Morgan fingerprint density at radius 2 is 2.22 bits per heavy atom. The number of thioether (sulfide) groups is 1. The Labute approximate surface area is 114 Å². The van der Waals surface area contributed by atoms with Gasteiger partial charge in [-0.15, -0.1) is 23.1 Å². The van der Waals surface area contributed by atoms with Crippen LogP contribution < -0.4 is 5.43 Å². The van der Waals surface area contributed by atoms with E-state index < -0.39 is 0 Å². The summed E-state index contributed by atoms with van der Waals surface area (Å²) >= 11 is 3.48. The van der Waals surface area contributed by atoms with Crippen molar-refractivity contribution < 1.29 is 0 Å². The van der Waals surface area contributed by atoms with Crippen LogP contribution in [0.3, 0.4) is 0 Å². The minimum Gasteiger partial charge on any atom is -0.252 e. The number of nitrogens with one attached hydrogen (secondary N) is 1. The molecule has 0 unspecified atom stereocenters. The second-order valence-electron chi connectivity index (χ2n) is 4.06. The lowest BCUT2D eigenvalue weighted by atomic mass is 10.1. The zero-order chi connectivity index (χ0) is 12.4. The van der Waals surface area contributed by atoms with Crippen molar-refractivity contribution in [1.82, 2.24) is 4.98 Å². The monoisotopic (exact) mass is 275 g/mol. The van der Waals surface area contributed by atoms with Crippen LogP contribution in [0.15, 0.2) is 39.6 Å². The summed E-state index contributed by atoms with van der Waals surface area (Å²) in [6.45, 7) is 1.99. The standard InChI is InChI=1S/C13H13N3S2/c1-9-8-18-13(14-9)16-15-11-6-7-17-12-5-3-2-4-10(11)12/h2-5,8H,6-7H2,1H3,(H,14,16)/b15-11-. The van der Waals surface area contributed by atoms with Crippen LogP contribution in [-0.2, 0) is 0 Å². The van der Waals surface area contributed by atoms with Crippen LogP contribution in [0.25, 0.3) is 0 Å². The Morgan fingerprint density at radius 1 is 1.33 bits per heavy atom. The average molecular weight is 275 g/mol. The quantitative estimate of drug-likeness (QED) is 0.848. The van der Waals surface area contributed by atoms with Gasteiger partial charge in [0.15, 0.2) is 0 Å². The molecule has 1 aromatic carbocycles. The predicted octanol–water partition coefficient (Wildman–Crippen LogP) is 3.76. The van der Waals surface area contributed by atoms with Crippen molar-refractivity contribution in [2.45, 2.75) is 18.2 Å². The van der Waals surface area contributed by atoms with E-state index in [2.05, 4.69) is 39.8 Å². The van der Waals surface area contributed by atoms with E-state index in [0.717, 1.165) is 28.7 Å². The molecule has 1 N–H and O–H groups in total. The number of anilines is 1. The minimum atomic E-state index is 0.857. The van der Waals surface area contributed by atoms with E-state index in [1.54, 1.807) is 11.3 Å². The molecule has 5 heteroatoms. The third kappa shape index (κ3) is 2.42. The molecule has 18 heavy (non-hydrogen) atoms. The van der Waals surface area contributed by atoms with Crippen LogP contribution in [0.1, 0.15) is 17.7 Å². The zero-order valence-corrected chi connectivity index (χ0v) is 11.6. The molecule has 0 amide bonds. The van der Waals surface area contributed by atoms with E-state index in [9.17, 15) is 0 Å². The molecule has 3 nitrogen and oxygen atoms in total. The molecule has 0 atom stereocenters. The molecule has 3 rings (SSSR count). The number of aromatic nitrogens is 1. The van der Waals surface area contributed by atoms with Crippen molar-refractivity contribution in [3.63, 3.8) is 0 Å². The summed E-state index contributed by atoms with van der Waals surface area (Å²) in [5, 5.41) is 7.39. The summed E-state index contributed by atoms with van der Waals surface area (Å²) in [5.41, 5.74) is 6.46. The fourth-order valence-corrected chi connectivity index (χ4v) is 3.52. The topological polar surface area (TPSA) is 37.3 Å². The van der Waals surface area contributed by atoms with Crippen LogP contribution in [0.4, 0.5) is 5.13 Å². The molecular weight excluding hydrogens is 262 g/mol. The van der Waals surface area contributed by atoms with Gasteiger partial charge in [0.05, 0.1) is 11.4 Å². The second-order valence-corrected chi connectivity index (χ2v) is 6.05. The molecule has 0 aliphatic carbocycles. The molecule has 0 spiro atoms.